The molecule has 0 atom stereocenters. The number of anilines is 1. The lowest BCUT2D eigenvalue weighted by Crippen LogP contribution is -2.16. The number of ether oxygens (including phenoxy) is 3. The van der Waals surface area contributed by atoms with Crippen LogP contribution in [0.5, 0.6) is 17.2 Å². The third kappa shape index (κ3) is 4.29. The topological polar surface area (TPSA) is 100 Å². The third-order valence-electron chi connectivity index (χ3n) is 4.33. The Hall–Kier alpha value is -3.62. The average Bonchev–Trinajstić information content (AvgIpc) is 3.21. The van der Waals surface area contributed by atoms with Crippen LogP contribution in [0.25, 0.3) is 0 Å². The molecular formula is C20H21N5O4. The highest BCUT2D eigenvalue weighted by molar-refractivity contribution is 6.04. The molecule has 3 aromatic rings. The van der Waals surface area contributed by atoms with Gasteiger partial charge < -0.3 is 19.5 Å². The van der Waals surface area contributed by atoms with Gasteiger partial charge in [-0.15, -0.1) is 5.10 Å². The first kappa shape index (κ1) is 18.7. The van der Waals surface area contributed by atoms with Crippen molar-refractivity contribution in [3.05, 3.63) is 53.9 Å². The number of amides is 1. The molecule has 2 heterocycles. The zero-order chi connectivity index (χ0) is 20.2. The molecule has 9 heteroatoms. The second-order valence-corrected chi connectivity index (χ2v) is 6.76. The van der Waals surface area contributed by atoms with Crippen molar-refractivity contribution < 1.29 is 19.0 Å². The summed E-state index contributed by atoms with van der Waals surface area (Å²) in [6.07, 6.45) is 0. The Bertz CT molecular complexity index is 1000. The fraction of sp³-hybridized carbons (Fsp3) is 0.300. The number of tetrazole rings is 1. The van der Waals surface area contributed by atoms with Crippen LogP contribution in [0.2, 0.25) is 0 Å². The highest BCUT2D eigenvalue weighted by Crippen LogP contribution is 2.32. The average molecular weight is 395 g/mol. The SMILES string of the molecule is CC(C)n1nnnc1COc1ccc(C(=O)Nc2ccc3c(c2)OCCO3)cc1. The van der Waals surface area contributed by atoms with Gasteiger partial charge in [0.25, 0.3) is 5.91 Å². The molecule has 29 heavy (non-hydrogen) atoms. The quantitative estimate of drug-likeness (QED) is 0.685. The van der Waals surface area contributed by atoms with Gasteiger partial charge in [-0.1, -0.05) is 0 Å². The van der Waals surface area contributed by atoms with E-state index in [9.17, 15) is 4.79 Å². The minimum Gasteiger partial charge on any atom is -0.486 e. The van der Waals surface area contributed by atoms with Crippen LogP contribution in [0.15, 0.2) is 42.5 Å². The van der Waals surface area contributed by atoms with Crippen LogP contribution in [0.4, 0.5) is 5.69 Å². The van der Waals surface area contributed by atoms with E-state index < -0.39 is 0 Å². The number of rotatable bonds is 6. The molecule has 0 saturated heterocycles. The summed E-state index contributed by atoms with van der Waals surface area (Å²) in [7, 11) is 0. The first-order valence-corrected chi connectivity index (χ1v) is 9.31. The molecular weight excluding hydrogens is 374 g/mol. The van der Waals surface area contributed by atoms with Crippen molar-refractivity contribution in [1.29, 1.82) is 0 Å². The van der Waals surface area contributed by atoms with Crippen LogP contribution in [0.1, 0.15) is 36.1 Å². The van der Waals surface area contributed by atoms with Gasteiger partial charge in [-0.3, -0.25) is 4.79 Å². The molecule has 0 unspecified atom stereocenters. The standard InChI is InChI=1S/C20H21N5O4/c1-13(2)25-19(22-23-24-25)12-29-16-6-3-14(4-7-16)20(26)21-15-5-8-17-18(11-15)28-10-9-27-17/h3-8,11,13H,9-10,12H2,1-2H3,(H,21,26). The van der Waals surface area contributed by atoms with Crippen molar-refractivity contribution in [3.63, 3.8) is 0 Å². The highest BCUT2D eigenvalue weighted by Gasteiger charge is 2.14. The first-order valence-electron chi connectivity index (χ1n) is 9.31. The van der Waals surface area contributed by atoms with Crippen LogP contribution in [-0.4, -0.2) is 39.3 Å². The Morgan fingerprint density at radius 2 is 1.90 bits per heavy atom. The molecule has 0 spiro atoms. The monoisotopic (exact) mass is 395 g/mol. The van der Waals surface area contributed by atoms with Gasteiger partial charge in [-0.05, 0) is 60.7 Å². The summed E-state index contributed by atoms with van der Waals surface area (Å²) in [5.41, 5.74) is 1.15. The maximum absolute atomic E-state index is 12.5. The molecule has 1 N–H and O–H groups in total. The van der Waals surface area contributed by atoms with E-state index in [1.807, 2.05) is 13.8 Å². The van der Waals surface area contributed by atoms with Crippen LogP contribution in [-0.2, 0) is 6.61 Å². The summed E-state index contributed by atoms with van der Waals surface area (Å²) < 4.78 is 18.5. The predicted molar refractivity (Wildman–Crippen MR) is 104 cm³/mol. The highest BCUT2D eigenvalue weighted by atomic mass is 16.6. The minimum atomic E-state index is -0.225. The number of aromatic nitrogens is 4. The summed E-state index contributed by atoms with van der Waals surface area (Å²) in [5, 5.41) is 14.4. The zero-order valence-corrected chi connectivity index (χ0v) is 16.2. The molecule has 2 aromatic carbocycles. The summed E-state index contributed by atoms with van der Waals surface area (Å²) in [4.78, 5) is 12.5. The number of hydrogen-bond donors (Lipinski definition) is 1. The first-order chi connectivity index (χ1) is 14.1. The Kier molecular flexibility index (Phi) is 5.28. The van der Waals surface area contributed by atoms with Crippen LogP contribution in [0, 0.1) is 0 Å². The van der Waals surface area contributed by atoms with Crippen LogP contribution >= 0.6 is 0 Å². The maximum atomic E-state index is 12.5. The molecule has 4 rings (SSSR count). The molecule has 0 bridgehead atoms. The lowest BCUT2D eigenvalue weighted by molar-refractivity contribution is 0.102. The minimum absolute atomic E-state index is 0.148. The van der Waals surface area contributed by atoms with Gasteiger partial charge in [-0.25, -0.2) is 4.68 Å². The second-order valence-electron chi connectivity index (χ2n) is 6.76. The Labute approximate surface area is 167 Å². The van der Waals surface area contributed by atoms with E-state index in [0.717, 1.165) is 0 Å². The normalized spacial score (nSPS) is 12.7. The number of nitrogens with zero attached hydrogens (tertiary/aromatic N) is 4. The van der Waals surface area contributed by atoms with E-state index >= 15 is 0 Å². The van der Waals surface area contributed by atoms with Gasteiger partial charge in [0.05, 0.1) is 6.04 Å². The van der Waals surface area contributed by atoms with E-state index in [-0.39, 0.29) is 18.6 Å². The van der Waals surface area contributed by atoms with Gasteiger partial charge in [0.2, 0.25) is 0 Å². The molecule has 0 radical (unpaired) electrons. The lowest BCUT2D eigenvalue weighted by atomic mass is 10.2. The van der Waals surface area contributed by atoms with E-state index in [1.54, 1.807) is 47.1 Å². The Morgan fingerprint density at radius 3 is 2.66 bits per heavy atom. The van der Waals surface area contributed by atoms with Gasteiger partial charge in [0.15, 0.2) is 17.3 Å². The van der Waals surface area contributed by atoms with Crippen LogP contribution in [0.3, 0.4) is 0 Å². The smallest absolute Gasteiger partial charge is 0.255 e. The molecule has 9 nitrogen and oxygen atoms in total. The van der Waals surface area contributed by atoms with Gasteiger partial charge in [0.1, 0.15) is 25.6 Å². The zero-order valence-electron chi connectivity index (χ0n) is 16.2. The number of nitrogens with one attached hydrogen (secondary N) is 1. The molecule has 1 amide bonds. The molecule has 0 fully saturated rings. The van der Waals surface area contributed by atoms with E-state index in [0.29, 0.717) is 47.5 Å². The van der Waals surface area contributed by atoms with E-state index in [2.05, 4.69) is 20.8 Å². The molecule has 1 aromatic heterocycles. The summed E-state index contributed by atoms with van der Waals surface area (Å²) in [6.45, 7) is 5.26. The van der Waals surface area contributed by atoms with Gasteiger partial charge >= 0.3 is 0 Å². The molecule has 150 valence electrons. The Balaban J connectivity index is 1.37. The lowest BCUT2D eigenvalue weighted by Gasteiger charge is -2.19. The third-order valence-corrected chi connectivity index (χ3v) is 4.33. The van der Waals surface area contributed by atoms with Crippen molar-refractivity contribution in [3.8, 4) is 17.2 Å². The largest absolute Gasteiger partial charge is 0.486 e. The van der Waals surface area contributed by atoms with Crippen molar-refractivity contribution in [2.75, 3.05) is 18.5 Å². The number of carbonyl (C=O) groups is 1. The molecule has 1 aliphatic heterocycles. The van der Waals surface area contributed by atoms with E-state index in [4.69, 9.17) is 14.2 Å². The fourth-order valence-electron chi connectivity index (χ4n) is 2.88. The molecule has 0 aliphatic carbocycles. The van der Waals surface area contributed by atoms with Gasteiger partial charge in [-0.2, -0.15) is 0 Å². The maximum Gasteiger partial charge on any atom is 0.255 e. The molecule has 0 saturated carbocycles. The predicted octanol–water partition coefficient (Wildman–Crippen LogP) is 2.86. The van der Waals surface area contributed by atoms with Crippen LogP contribution < -0.4 is 19.5 Å². The number of fused-ring (bicyclic) bond motifs is 1. The molecule has 1 aliphatic rings. The number of benzene rings is 2. The van der Waals surface area contributed by atoms with Gasteiger partial charge in [0, 0.05) is 17.3 Å². The fourth-order valence-corrected chi connectivity index (χ4v) is 2.88. The summed E-state index contributed by atoms with van der Waals surface area (Å²) in [5.74, 6) is 2.34. The summed E-state index contributed by atoms with van der Waals surface area (Å²) in [6, 6.07) is 12.3. The second kappa shape index (κ2) is 8.17. The van der Waals surface area contributed by atoms with Crippen molar-refractivity contribution in [2.24, 2.45) is 0 Å². The number of hydrogen-bond acceptors (Lipinski definition) is 7. The van der Waals surface area contributed by atoms with E-state index in [1.165, 1.54) is 0 Å². The number of carbonyl (C=O) groups excluding carboxylic acids is 1. The van der Waals surface area contributed by atoms with Crippen molar-refractivity contribution in [2.45, 2.75) is 26.5 Å². The Morgan fingerprint density at radius 1 is 1.14 bits per heavy atom. The van der Waals surface area contributed by atoms with Crippen molar-refractivity contribution >= 4 is 11.6 Å². The summed E-state index contributed by atoms with van der Waals surface area (Å²) >= 11 is 0. The van der Waals surface area contributed by atoms with Crippen molar-refractivity contribution in [1.82, 2.24) is 20.2 Å².